The van der Waals surface area contributed by atoms with Gasteiger partial charge in [-0.1, -0.05) is 25.5 Å². The topological polar surface area (TPSA) is 73.0 Å². The molecule has 1 aliphatic rings. The Bertz CT molecular complexity index is 773. The molecule has 0 bridgehead atoms. The molecule has 0 saturated carbocycles. The van der Waals surface area contributed by atoms with E-state index in [1.54, 1.807) is 0 Å². The van der Waals surface area contributed by atoms with Crippen LogP contribution in [-0.2, 0) is 15.0 Å². The SMILES string of the molecule is CC[C@H]1CCCCN1CCCNC(=O)CN(c1ccccc1F)S(=O)(=O)N(C)C. The number of hydrogen-bond acceptors (Lipinski definition) is 4. The lowest BCUT2D eigenvalue weighted by atomic mass is 10.00. The fraction of sp³-hybridized carbons (Fsp3) is 0.650. The highest BCUT2D eigenvalue weighted by atomic mass is 32.2. The van der Waals surface area contributed by atoms with E-state index in [0.717, 1.165) is 34.5 Å². The first-order valence-corrected chi connectivity index (χ1v) is 11.6. The summed E-state index contributed by atoms with van der Waals surface area (Å²) in [6, 6.07) is 6.15. The van der Waals surface area contributed by atoms with Gasteiger partial charge in [-0.05, 0) is 44.4 Å². The highest BCUT2D eigenvalue weighted by molar-refractivity contribution is 7.90. The number of nitrogens with one attached hydrogen (secondary N) is 1. The second kappa shape index (κ2) is 10.9. The zero-order chi connectivity index (χ0) is 21.4. The van der Waals surface area contributed by atoms with Crippen molar-refractivity contribution in [2.45, 2.75) is 45.1 Å². The molecule has 1 aromatic carbocycles. The third-order valence-corrected chi connectivity index (χ3v) is 7.12. The van der Waals surface area contributed by atoms with Crippen LogP contribution < -0.4 is 9.62 Å². The molecule has 29 heavy (non-hydrogen) atoms. The lowest BCUT2D eigenvalue weighted by Gasteiger charge is -2.35. The second-order valence-corrected chi connectivity index (χ2v) is 9.61. The Kier molecular flexibility index (Phi) is 8.85. The highest BCUT2D eigenvalue weighted by Crippen LogP contribution is 2.23. The Morgan fingerprint density at radius 1 is 1.28 bits per heavy atom. The summed E-state index contributed by atoms with van der Waals surface area (Å²) in [5.74, 6) is -1.15. The van der Waals surface area contributed by atoms with Crippen molar-refractivity contribution in [3.8, 4) is 0 Å². The number of benzene rings is 1. The molecular weight excluding hydrogens is 395 g/mol. The average Bonchev–Trinajstić information content (AvgIpc) is 2.70. The predicted molar refractivity (Wildman–Crippen MR) is 113 cm³/mol. The standard InChI is InChI=1S/C20H33FN4O3S/c1-4-17-10-7-8-14-24(17)15-9-13-22-20(26)16-25(29(27,28)23(2)3)19-12-6-5-11-18(19)21/h5-6,11-12,17H,4,7-10,13-16H2,1-3H3,(H,22,26)/t17-/m0/s1. The summed E-state index contributed by atoms with van der Waals surface area (Å²) >= 11 is 0. The quantitative estimate of drug-likeness (QED) is 0.580. The van der Waals surface area contributed by atoms with Gasteiger partial charge in [0.1, 0.15) is 12.4 Å². The molecule has 1 heterocycles. The van der Waals surface area contributed by atoms with Gasteiger partial charge in [-0.25, -0.2) is 8.70 Å². The number of piperidine rings is 1. The Labute approximate surface area is 174 Å². The van der Waals surface area contributed by atoms with Crippen molar-refractivity contribution >= 4 is 21.8 Å². The smallest absolute Gasteiger partial charge is 0.304 e. The molecule has 1 amide bonds. The summed E-state index contributed by atoms with van der Waals surface area (Å²) in [5.41, 5.74) is -0.143. The van der Waals surface area contributed by atoms with Gasteiger partial charge in [0, 0.05) is 33.2 Å². The van der Waals surface area contributed by atoms with Gasteiger partial charge in [0.2, 0.25) is 5.91 Å². The molecule has 2 rings (SSSR count). The molecule has 9 heteroatoms. The molecule has 0 unspecified atom stereocenters. The number of nitrogens with zero attached hydrogens (tertiary/aromatic N) is 3. The largest absolute Gasteiger partial charge is 0.354 e. The van der Waals surface area contributed by atoms with E-state index in [-0.39, 0.29) is 5.69 Å². The van der Waals surface area contributed by atoms with Crippen LogP contribution in [0.5, 0.6) is 0 Å². The number of rotatable bonds is 10. The van der Waals surface area contributed by atoms with Gasteiger partial charge in [0.15, 0.2) is 0 Å². The lowest BCUT2D eigenvalue weighted by molar-refractivity contribution is -0.119. The average molecular weight is 429 g/mol. The van der Waals surface area contributed by atoms with Crippen LogP contribution >= 0.6 is 0 Å². The number of anilines is 1. The summed E-state index contributed by atoms with van der Waals surface area (Å²) in [6.45, 7) is 4.19. The zero-order valence-electron chi connectivity index (χ0n) is 17.6. The predicted octanol–water partition coefficient (Wildman–Crippen LogP) is 2.21. The molecule has 1 atom stereocenters. The van der Waals surface area contributed by atoms with Crippen LogP contribution in [0.15, 0.2) is 24.3 Å². The first-order chi connectivity index (χ1) is 13.8. The maximum atomic E-state index is 14.2. The van der Waals surface area contributed by atoms with E-state index in [0.29, 0.717) is 12.6 Å². The summed E-state index contributed by atoms with van der Waals surface area (Å²) < 4.78 is 41.2. The number of carbonyl (C=O) groups is 1. The molecule has 0 spiro atoms. The van der Waals surface area contributed by atoms with E-state index in [1.807, 2.05) is 0 Å². The van der Waals surface area contributed by atoms with Crippen LogP contribution in [0.1, 0.15) is 39.0 Å². The van der Waals surface area contributed by atoms with E-state index in [2.05, 4.69) is 17.1 Å². The van der Waals surface area contributed by atoms with Crippen molar-refractivity contribution in [2.24, 2.45) is 0 Å². The van der Waals surface area contributed by atoms with Crippen molar-refractivity contribution in [2.75, 3.05) is 44.6 Å². The first kappa shape index (κ1) is 23.6. The molecule has 1 aromatic rings. The zero-order valence-corrected chi connectivity index (χ0v) is 18.4. The Balaban J connectivity index is 1.94. The van der Waals surface area contributed by atoms with E-state index in [1.165, 1.54) is 57.6 Å². The lowest BCUT2D eigenvalue weighted by Crippen LogP contribution is -2.46. The van der Waals surface area contributed by atoms with Gasteiger partial charge >= 0.3 is 10.2 Å². The number of likely N-dealkylation sites (tertiary alicyclic amines) is 1. The number of hydrogen-bond donors (Lipinski definition) is 1. The van der Waals surface area contributed by atoms with Crippen molar-refractivity contribution in [3.63, 3.8) is 0 Å². The van der Waals surface area contributed by atoms with Crippen molar-refractivity contribution in [3.05, 3.63) is 30.1 Å². The van der Waals surface area contributed by atoms with Crippen LogP contribution in [-0.4, -0.2) is 69.8 Å². The van der Waals surface area contributed by atoms with Crippen LogP contribution in [0.25, 0.3) is 0 Å². The van der Waals surface area contributed by atoms with Gasteiger partial charge in [-0.15, -0.1) is 0 Å². The fourth-order valence-electron chi connectivity index (χ4n) is 3.66. The van der Waals surface area contributed by atoms with Gasteiger partial charge in [0.05, 0.1) is 5.69 Å². The third kappa shape index (κ3) is 6.38. The van der Waals surface area contributed by atoms with Gasteiger partial charge < -0.3 is 10.2 Å². The van der Waals surface area contributed by atoms with E-state index in [9.17, 15) is 17.6 Å². The summed E-state index contributed by atoms with van der Waals surface area (Å²) in [4.78, 5) is 14.9. The monoisotopic (exact) mass is 428 g/mol. The Morgan fingerprint density at radius 2 is 2.00 bits per heavy atom. The molecule has 0 aliphatic carbocycles. The molecule has 1 fully saturated rings. The number of halogens is 1. The molecule has 1 N–H and O–H groups in total. The minimum atomic E-state index is -4.01. The normalized spacial score (nSPS) is 18.0. The molecule has 0 radical (unpaired) electrons. The number of para-hydroxylation sites is 1. The van der Waals surface area contributed by atoms with Crippen LogP contribution in [0.2, 0.25) is 0 Å². The van der Waals surface area contributed by atoms with Gasteiger partial charge in [-0.3, -0.25) is 4.79 Å². The molecule has 1 aliphatic heterocycles. The minimum absolute atomic E-state index is 0.143. The van der Waals surface area contributed by atoms with E-state index < -0.39 is 28.5 Å². The summed E-state index contributed by atoms with van der Waals surface area (Å²) in [7, 11) is -1.31. The highest BCUT2D eigenvalue weighted by Gasteiger charge is 2.29. The van der Waals surface area contributed by atoms with Crippen LogP contribution in [0, 0.1) is 5.82 Å². The molecule has 7 nitrogen and oxygen atoms in total. The molecule has 1 saturated heterocycles. The molecule has 0 aromatic heterocycles. The van der Waals surface area contributed by atoms with Crippen LogP contribution in [0.3, 0.4) is 0 Å². The van der Waals surface area contributed by atoms with Crippen molar-refractivity contribution in [1.82, 2.24) is 14.5 Å². The fourth-order valence-corrected chi connectivity index (χ4v) is 4.73. The summed E-state index contributed by atoms with van der Waals surface area (Å²) in [6.07, 6.45) is 5.64. The van der Waals surface area contributed by atoms with Gasteiger partial charge in [-0.2, -0.15) is 12.7 Å². The van der Waals surface area contributed by atoms with E-state index >= 15 is 0 Å². The van der Waals surface area contributed by atoms with Crippen LogP contribution in [0.4, 0.5) is 10.1 Å². The van der Waals surface area contributed by atoms with Crippen molar-refractivity contribution in [1.29, 1.82) is 0 Å². The van der Waals surface area contributed by atoms with Crippen molar-refractivity contribution < 1.29 is 17.6 Å². The molecule has 164 valence electrons. The number of amides is 1. The van der Waals surface area contributed by atoms with E-state index in [4.69, 9.17) is 0 Å². The van der Waals surface area contributed by atoms with Gasteiger partial charge in [0.25, 0.3) is 0 Å². The minimum Gasteiger partial charge on any atom is -0.354 e. The maximum absolute atomic E-state index is 14.2. The third-order valence-electron chi connectivity index (χ3n) is 5.31. The first-order valence-electron chi connectivity index (χ1n) is 10.2. The second-order valence-electron chi connectivity index (χ2n) is 7.55. The summed E-state index contributed by atoms with van der Waals surface area (Å²) in [5, 5.41) is 2.77. The Morgan fingerprint density at radius 3 is 2.66 bits per heavy atom. The Hall–Kier alpha value is -1.71. The maximum Gasteiger partial charge on any atom is 0.304 e. The number of carbonyl (C=O) groups excluding carboxylic acids is 1. The molecular formula is C20H33FN4O3S.